The van der Waals surface area contributed by atoms with E-state index in [1.165, 1.54) is 0 Å². The van der Waals surface area contributed by atoms with E-state index < -0.39 is 0 Å². The zero-order valence-electron chi connectivity index (χ0n) is 12.1. The predicted octanol–water partition coefficient (Wildman–Crippen LogP) is 3.12. The van der Waals surface area contributed by atoms with Crippen LogP contribution in [0.3, 0.4) is 0 Å². The third-order valence-electron chi connectivity index (χ3n) is 3.75. The van der Waals surface area contributed by atoms with Gasteiger partial charge in [-0.05, 0) is 30.8 Å². The van der Waals surface area contributed by atoms with E-state index in [-0.39, 0.29) is 11.8 Å². The Kier molecular flexibility index (Phi) is 3.73. The molecule has 0 radical (unpaired) electrons. The lowest BCUT2D eigenvalue weighted by Gasteiger charge is -2.19. The van der Waals surface area contributed by atoms with Crippen LogP contribution in [0.4, 0.5) is 0 Å². The molecule has 2 N–H and O–H groups in total. The van der Waals surface area contributed by atoms with Gasteiger partial charge in [-0.25, -0.2) is 0 Å². The van der Waals surface area contributed by atoms with Crippen LogP contribution >= 0.6 is 0 Å². The average Bonchev–Trinajstić information content (AvgIpc) is 2.58. The smallest absolute Gasteiger partial charge is 0.146 e. The molecule has 0 saturated heterocycles. The molecule has 0 aliphatic heterocycles. The Morgan fingerprint density at radius 1 is 1.14 bits per heavy atom. The van der Waals surface area contributed by atoms with Crippen molar-refractivity contribution in [2.75, 3.05) is 7.05 Å². The van der Waals surface area contributed by atoms with Gasteiger partial charge in [0.05, 0.1) is 17.7 Å². The minimum absolute atomic E-state index is 0.167. The number of nitriles is 1. The van der Waals surface area contributed by atoms with Crippen molar-refractivity contribution in [2.24, 2.45) is 0 Å². The second-order valence-corrected chi connectivity index (χ2v) is 5.03. The number of aromatic hydroxyl groups is 1. The number of pyridine rings is 1. The normalized spacial score (nSPS) is 12.0. The highest BCUT2D eigenvalue weighted by atomic mass is 16.3. The molecule has 4 heteroatoms. The lowest BCUT2D eigenvalue weighted by Crippen LogP contribution is -2.17. The van der Waals surface area contributed by atoms with Crippen molar-refractivity contribution in [1.82, 2.24) is 10.3 Å². The van der Waals surface area contributed by atoms with Crippen molar-refractivity contribution in [3.05, 3.63) is 71.4 Å². The van der Waals surface area contributed by atoms with Gasteiger partial charge in [-0.15, -0.1) is 0 Å². The van der Waals surface area contributed by atoms with Crippen LogP contribution in [-0.2, 0) is 0 Å². The third-order valence-corrected chi connectivity index (χ3v) is 3.75. The monoisotopic (exact) mass is 289 g/mol. The SMILES string of the molecule is CNC(c1ccc(C#N)cc1)c1ccc2cccnc2c1O. The summed E-state index contributed by atoms with van der Waals surface area (Å²) in [4.78, 5) is 4.26. The molecule has 22 heavy (non-hydrogen) atoms. The van der Waals surface area contributed by atoms with E-state index in [0.29, 0.717) is 11.1 Å². The highest BCUT2D eigenvalue weighted by molar-refractivity contribution is 5.85. The molecule has 1 aromatic heterocycles. The largest absolute Gasteiger partial charge is 0.505 e. The topological polar surface area (TPSA) is 68.9 Å². The molecule has 0 aliphatic rings. The molecule has 2 aromatic carbocycles. The zero-order chi connectivity index (χ0) is 15.5. The Labute approximate surface area is 128 Å². The molecule has 0 saturated carbocycles. The van der Waals surface area contributed by atoms with Crippen LogP contribution in [-0.4, -0.2) is 17.1 Å². The van der Waals surface area contributed by atoms with Crippen molar-refractivity contribution >= 4 is 10.9 Å². The number of nitrogens with zero attached hydrogens (tertiary/aromatic N) is 2. The molecule has 3 aromatic rings. The van der Waals surface area contributed by atoms with Gasteiger partial charge in [0.15, 0.2) is 0 Å². The number of phenolic OH excluding ortho intramolecular Hbond substituents is 1. The fraction of sp³-hybridized carbons (Fsp3) is 0.111. The van der Waals surface area contributed by atoms with Gasteiger partial charge in [-0.2, -0.15) is 5.26 Å². The van der Waals surface area contributed by atoms with Crippen LogP contribution in [0, 0.1) is 11.3 Å². The van der Waals surface area contributed by atoms with Crippen LogP contribution in [0.2, 0.25) is 0 Å². The molecule has 4 nitrogen and oxygen atoms in total. The summed E-state index contributed by atoms with van der Waals surface area (Å²) in [6.45, 7) is 0. The first kappa shape index (κ1) is 14.1. The maximum atomic E-state index is 10.6. The maximum absolute atomic E-state index is 10.6. The van der Waals surface area contributed by atoms with Gasteiger partial charge in [0, 0.05) is 17.1 Å². The lowest BCUT2D eigenvalue weighted by molar-refractivity contribution is 0.466. The predicted molar refractivity (Wildman–Crippen MR) is 85.5 cm³/mol. The summed E-state index contributed by atoms with van der Waals surface area (Å²) in [5.74, 6) is 0.182. The van der Waals surface area contributed by atoms with Gasteiger partial charge >= 0.3 is 0 Å². The van der Waals surface area contributed by atoms with E-state index in [0.717, 1.165) is 16.5 Å². The van der Waals surface area contributed by atoms with Gasteiger partial charge in [0.25, 0.3) is 0 Å². The lowest BCUT2D eigenvalue weighted by atomic mass is 9.96. The van der Waals surface area contributed by atoms with Gasteiger partial charge in [-0.3, -0.25) is 4.98 Å². The van der Waals surface area contributed by atoms with E-state index in [1.54, 1.807) is 18.3 Å². The summed E-state index contributed by atoms with van der Waals surface area (Å²) < 4.78 is 0. The van der Waals surface area contributed by atoms with Gasteiger partial charge < -0.3 is 10.4 Å². The van der Waals surface area contributed by atoms with E-state index in [4.69, 9.17) is 5.26 Å². The second kappa shape index (κ2) is 5.84. The summed E-state index contributed by atoms with van der Waals surface area (Å²) in [6.07, 6.45) is 1.67. The second-order valence-electron chi connectivity index (χ2n) is 5.03. The van der Waals surface area contributed by atoms with Crippen molar-refractivity contribution in [3.63, 3.8) is 0 Å². The molecule has 0 amide bonds. The number of hydrogen-bond acceptors (Lipinski definition) is 4. The first-order valence-electron chi connectivity index (χ1n) is 6.98. The van der Waals surface area contributed by atoms with Crippen molar-refractivity contribution in [3.8, 4) is 11.8 Å². The molecule has 0 fully saturated rings. The fourth-order valence-electron chi connectivity index (χ4n) is 2.63. The Hall–Kier alpha value is -2.90. The van der Waals surface area contributed by atoms with Crippen molar-refractivity contribution in [1.29, 1.82) is 5.26 Å². The molecule has 108 valence electrons. The number of nitrogens with one attached hydrogen (secondary N) is 1. The Morgan fingerprint density at radius 2 is 1.91 bits per heavy atom. The summed E-state index contributed by atoms with van der Waals surface area (Å²) in [7, 11) is 1.84. The quantitative estimate of drug-likeness (QED) is 0.777. The molecule has 0 spiro atoms. The number of aromatic nitrogens is 1. The number of rotatable bonds is 3. The molecule has 3 rings (SSSR count). The van der Waals surface area contributed by atoms with Crippen LogP contribution in [0.5, 0.6) is 5.75 Å². The van der Waals surface area contributed by atoms with E-state index in [1.807, 2.05) is 43.4 Å². The van der Waals surface area contributed by atoms with Gasteiger partial charge in [0.1, 0.15) is 11.3 Å². The van der Waals surface area contributed by atoms with Crippen molar-refractivity contribution in [2.45, 2.75) is 6.04 Å². The van der Waals surface area contributed by atoms with E-state index in [2.05, 4.69) is 16.4 Å². The average molecular weight is 289 g/mol. The Morgan fingerprint density at radius 3 is 2.59 bits per heavy atom. The number of phenols is 1. The molecule has 1 atom stereocenters. The van der Waals surface area contributed by atoms with E-state index in [9.17, 15) is 5.11 Å². The first-order chi connectivity index (χ1) is 10.7. The highest BCUT2D eigenvalue weighted by Gasteiger charge is 2.18. The number of benzene rings is 2. The van der Waals surface area contributed by atoms with Crippen LogP contribution in [0.25, 0.3) is 10.9 Å². The molecule has 1 heterocycles. The van der Waals surface area contributed by atoms with Gasteiger partial charge in [0.2, 0.25) is 0 Å². The third kappa shape index (κ3) is 2.39. The summed E-state index contributed by atoms with van der Waals surface area (Å²) >= 11 is 0. The Balaban J connectivity index is 2.10. The molecule has 0 bridgehead atoms. The maximum Gasteiger partial charge on any atom is 0.146 e. The van der Waals surface area contributed by atoms with Crippen LogP contribution < -0.4 is 5.32 Å². The standard InChI is InChI=1S/C18H15N3O/c1-20-16(14-6-4-12(11-19)5-7-14)15-9-8-13-3-2-10-21-17(13)18(15)22/h2-10,16,20,22H,1H3. The highest BCUT2D eigenvalue weighted by Crippen LogP contribution is 2.34. The number of fused-ring (bicyclic) bond motifs is 1. The van der Waals surface area contributed by atoms with Crippen molar-refractivity contribution < 1.29 is 5.11 Å². The molecule has 0 aliphatic carbocycles. The minimum Gasteiger partial charge on any atom is -0.505 e. The Bertz CT molecular complexity index is 850. The minimum atomic E-state index is -0.167. The summed E-state index contributed by atoms with van der Waals surface area (Å²) in [5, 5.41) is 23.6. The number of hydrogen-bond donors (Lipinski definition) is 2. The first-order valence-corrected chi connectivity index (χ1v) is 6.98. The van der Waals surface area contributed by atoms with Crippen LogP contribution in [0.15, 0.2) is 54.7 Å². The fourth-order valence-corrected chi connectivity index (χ4v) is 2.63. The summed E-state index contributed by atoms with van der Waals surface area (Å²) in [6, 6.07) is 16.9. The summed E-state index contributed by atoms with van der Waals surface area (Å²) in [5.41, 5.74) is 2.95. The molecular weight excluding hydrogens is 274 g/mol. The van der Waals surface area contributed by atoms with Gasteiger partial charge in [-0.1, -0.05) is 30.3 Å². The zero-order valence-corrected chi connectivity index (χ0v) is 12.1. The van der Waals surface area contributed by atoms with Crippen LogP contribution in [0.1, 0.15) is 22.7 Å². The molecule has 1 unspecified atom stereocenters. The molecular formula is C18H15N3O. The van der Waals surface area contributed by atoms with E-state index >= 15 is 0 Å².